The molecule has 1 fully saturated rings. The van der Waals surface area contributed by atoms with Crippen molar-refractivity contribution in [3.8, 4) is 5.75 Å². The van der Waals surface area contributed by atoms with Crippen LogP contribution in [-0.2, 0) is 9.59 Å². The number of carbonyl (C=O) groups is 2. The number of non-ortho nitro benzene ring substituents is 1. The molecule has 1 N–H and O–H groups in total. The van der Waals surface area contributed by atoms with Crippen LogP contribution in [0.4, 0.5) is 11.4 Å². The molecule has 0 radical (unpaired) electrons. The van der Waals surface area contributed by atoms with E-state index in [0.717, 1.165) is 0 Å². The third kappa shape index (κ3) is 4.04. The summed E-state index contributed by atoms with van der Waals surface area (Å²) in [7, 11) is 1.50. The molecule has 33 heavy (non-hydrogen) atoms. The first-order chi connectivity index (χ1) is 15.8. The Morgan fingerprint density at radius 3 is 2.15 bits per heavy atom. The largest absolute Gasteiger partial charge is 0.507 e. The molecule has 0 saturated carbocycles. The highest BCUT2D eigenvalue weighted by atomic mass is 35.5. The third-order valence-electron chi connectivity index (χ3n) is 5.33. The van der Waals surface area contributed by atoms with Gasteiger partial charge in [0.15, 0.2) is 0 Å². The fourth-order valence-corrected chi connectivity index (χ4v) is 3.82. The van der Waals surface area contributed by atoms with E-state index in [1.54, 1.807) is 36.4 Å². The molecular weight excluding hydrogens is 448 g/mol. The van der Waals surface area contributed by atoms with E-state index >= 15 is 0 Å². The van der Waals surface area contributed by atoms with Crippen LogP contribution in [0, 0.1) is 10.1 Å². The van der Waals surface area contributed by atoms with Crippen molar-refractivity contribution in [2.75, 3.05) is 12.0 Å². The summed E-state index contributed by atoms with van der Waals surface area (Å²) in [5.41, 5.74) is 0.853. The average molecular weight is 465 g/mol. The molecule has 1 unspecified atom stereocenters. The number of methoxy groups -OCH3 is 1. The van der Waals surface area contributed by atoms with Crippen molar-refractivity contribution < 1.29 is 24.4 Å². The highest BCUT2D eigenvalue weighted by Gasteiger charge is 2.47. The predicted octanol–water partition coefficient (Wildman–Crippen LogP) is 4.88. The van der Waals surface area contributed by atoms with E-state index in [-0.39, 0.29) is 17.0 Å². The Balaban J connectivity index is 1.91. The maximum absolute atomic E-state index is 13.1. The summed E-state index contributed by atoms with van der Waals surface area (Å²) in [4.78, 5) is 38.0. The standard InChI is InChI=1S/C24H17ClN2O6/c1-33-19-12-10-17(11-13-19)26-21(14-4-8-18(9-5-14)27(31)32)20(23(29)24(26)30)22(28)15-2-6-16(25)7-3-15/h2-13,21,28H,1H3/b22-20-. The fraction of sp³-hybridized carbons (Fsp3) is 0.0833. The van der Waals surface area contributed by atoms with E-state index in [1.807, 2.05) is 0 Å². The van der Waals surface area contributed by atoms with Gasteiger partial charge in [-0.3, -0.25) is 24.6 Å². The Kier molecular flexibility index (Phi) is 5.85. The molecule has 1 saturated heterocycles. The number of anilines is 1. The van der Waals surface area contributed by atoms with Crippen LogP contribution in [0.5, 0.6) is 5.75 Å². The first kappa shape index (κ1) is 22.0. The number of Topliss-reactive ketones (excluding diaryl/α,β-unsaturated/α-hetero) is 1. The number of nitrogens with zero attached hydrogens (tertiary/aromatic N) is 2. The number of aliphatic hydroxyl groups excluding tert-OH is 1. The molecular formula is C24H17ClN2O6. The number of rotatable bonds is 5. The second kappa shape index (κ2) is 8.76. The molecule has 3 aromatic carbocycles. The minimum atomic E-state index is -1.00. The van der Waals surface area contributed by atoms with Gasteiger partial charge in [0, 0.05) is 28.4 Å². The average Bonchev–Trinajstić information content (AvgIpc) is 3.09. The van der Waals surface area contributed by atoms with Gasteiger partial charge in [-0.2, -0.15) is 0 Å². The Labute approximate surface area is 193 Å². The van der Waals surface area contributed by atoms with Gasteiger partial charge in [-0.05, 0) is 66.2 Å². The maximum atomic E-state index is 13.1. The van der Waals surface area contributed by atoms with E-state index in [0.29, 0.717) is 27.6 Å². The minimum Gasteiger partial charge on any atom is -0.507 e. The Bertz CT molecular complexity index is 1270. The van der Waals surface area contributed by atoms with Gasteiger partial charge in [0.25, 0.3) is 17.4 Å². The zero-order valence-corrected chi connectivity index (χ0v) is 18.0. The van der Waals surface area contributed by atoms with Crippen molar-refractivity contribution >= 4 is 40.4 Å². The van der Waals surface area contributed by atoms with Crippen molar-refractivity contribution in [3.63, 3.8) is 0 Å². The molecule has 3 aromatic rings. The second-order valence-electron chi connectivity index (χ2n) is 7.22. The monoisotopic (exact) mass is 464 g/mol. The number of hydrogen-bond donors (Lipinski definition) is 1. The number of ketones is 1. The van der Waals surface area contributed by atoms with Crippen molar-refractivity contribution in [2.24, 2.45) is 0 Å². The molecule has 1 amide bonds. The first-order valence-electron chi connectivity index (χ1n) is 9.77. The van der Waals surface area contributed by atoms with Crippen molar-refractivity contribution in [3.05, 3.63) is 105 Å². The van der Waals surface area contributed by atoms with Crippen LogP contribution >= 0.6 is 11.6 Å². The van der Waals surface area contributed by atoms with Crippen LogP contribution < -0.4 is 9.64 Å². The first-order valence-corrected chi connectivity index (χ1v) is 10.1. The number of nitro benzene ring substituents is 1. The number of nitro groups is 1. The summed E-state index contributed by atoms with van der Waals surface area (Å²) in [5.74, 6) is -1.52. The number of aliphatic hydroxyl groups is 1. The summed E-state index contributed by atoms with van der Waals surface area (Å²) in [6.45, 7) is 0. The van der Waals surface area contributed by atoms with E-state index in [4.69, 9.17) is 16.3 Å². The molecule has 8 nitrogen and oxygen atoms in total. The van der Waals surface area contributed by atoms with Crippen LogP contribution in [0.25, 0.3) is 5.76 Å². The molecule has 0 aromatic heterocycles. The lowest BCUT2D eigenvalue weighted by Crippen LogP contribution is -2.29. The summed E-state index contributed by atoms with van der Waals surface area (Å²) < 4.78 is 5.16. The molecule has 1 aliphatic rings. The van der Waals surface area contributed by atoms with Gasteiger partial charge in [0.05, 0.1) is 23.6 Å². The van der Waals surface area contributed by atoms with Crippen LogP contribution in [0.2, 0.25) is 5.02 Å². The molecule has 9 heteroatoms. The molecule has 1 heterocycles. The van der Waals surface area contributed by atoms with Crippen molar-refractivity contribution in [2.45, 2.75) is 6.04 Å². The predicted molar refractivity (Wildman–Crippen MR) is 122 cm³/mol. The smallest absolute Gasteiger partial charge is 0.300 e. The Morgan fingerprint density at radius 2 is 1.61 bits per heavy atom. The fourth-order valence-electron chi connectivity index (χ4n) is 3.70. The van der Waals surface area contributed by atoms with E-state index < -0.39 is 22.7 Å². The molecule has 1 aliphatic heterocycles. The molecule has 4 rings (SSSR count). The highest BCUT2D eigenvalue weighted by Crippen LogP contribution is 2.42. The number of carbonyl (C=O) groups excluding carboxylic acids is 2. The number of amides is 1. The molecule has 1 atom stereocenters. The molecule has 166 valence electrons. The lowest BCUT2D eigenvalue weighted by atomic mass is 9.95. The SMILES string of the molecule is COc1ccc(N2C(=O)C(=O)/C(=C(\O)c3ccc(Cl)cc3)C2c2ccc([N+](=O)[O-])cc2)cc1. The van der Waals surface area contributed by atoms with Crippen LogP contribution in [0.1, 0.15) is 17.2 Å². The Hall–Kier alpha value is -4.17. The van der Waals surface area contributed by atoms with Gasteiger partial charge in [-0.15, -0.1) is 0 Å². The van der Waals surface area contributed by atoms with E-state index in [9.17, 15) is 24.8 Å². The van der Waals surface area contributed by atoms with Crippen LogP contribution in [-0.4, -0.2) is 28.8 Å². The van der Waals surface area contributed by atoms with Crippen molar-refractivity contribution in [1.29, 1.82) is 0 Å². The summed E-state index contributed by atoms with van der Waals surface area (Å²) in [6, 6.07) is 17.2. The van der Waals surface area contributed by atoms with Gasteiger partial charge >= 0.3 is 0 Å². The topological polar surface area (TPSA) is 110 Å². The van der Waals surface area contributed by atoms with E-state index in [1.165, 1.54) is 48.4 Å². The van der Waals surface area contributed by atoms with Gasteiger partial charge in [0.1, 0.15) is 11.5 Å². The number of hydrogen-bond acceptors (Lipinski definition) is 6. The molecule has 0 spiro atoms. The van der Waals surface area contributed by atoms with Gasteiger partial charge in [-0.25, -0.2) is 0 Å². The summed E-state index contributed by atoms with van der Waals surface area (Å²) >= 11 is 5.93. The molecule has 0 bridgehead atoms. The maximum Gasteiger partial charge on any atom is 0.300 e. The Morgan fingerprint density at radius 1 is 1.00 bits per heavy atom. The lowest BCUT2D eigenvalue weighted by Gasteiger charge is -2.25. The normalized spacial score (nSPS) is 17.3. The molecule has 0 aliphatic carbocycles. The number of halogens is 1. The highest BCUT2D eigenvalue weighted by molar-refractivity contribution is 6.51. The number of benzene rings is 3. The van der Waals surface area contributed by atoms with Crippen LogP contribution in [0.3, 0.4) is 0 Å². The second-order valence-corrected chi connectivity index (χ2v) is 7.66. The van der Waals surface area contributed by atoms with E-state index in [2.05, 4.69) is 0 Å². The minimum absolute atomic E-state index is 0.132. The lowest BCUT2D eigenvalue weighted by molar-refractivity contribution is -0.384. The van der Waals surface area contributed by atoms with Gasteiger partial charge in [0.2, 0.25) is 0 Å². The van der Waals surface area contributed by atoms with Crippen LogP contribution in [0.15, 0.2) is 78.4 Å². The quantitative estimate of drug-likeness (QED) is 0.189. The summed E-state index contributed by atoms with van der Waals surface area (Å²) in [5, 5.41) is 22.6. The summed E-state index contributed by atoms with van der Waals surface area (Å²) in [6.07, 6.45) is 0. The zero-order valence-electron chi connectivity index (χ0n) is 17.3. The van der Waals surface area contributed by atoms with Gasteiger partial charge < -0.3 is 9.84 Å². The van der Waals surface area contributed by atoms with Gasteiger partial charge in [-0.1, -0.05) is 11.6 Å². The third-order valence-corrected chi connectivity index (χ3v) is 5.58. The number of ether oxygens (including phenoxy) is 1. The van der Waals surface area contributed by atoms with Crippen molar-refractivity contribution in [1.82, 2.24) is 0 Å². The zero-order chi connectivity index (χ0) is 23.7.